The SMILES string of the molecule is Cc1ccc(-c2noc(CNC(c3ccc(F)cc3)C(C)C)n2)cc1. The Morgan fingerprint density at radius 3 is 2.36 bits per heavy atom. The molecule has 1 heterocycles. The first-order valence-corrected chi connectivity index (χ1v) is 8.41. The summed E-state index contributed by atoms with van der Waals surface area (Å²) in [4.78, 5) is 4.45. The molecule has 1 N–H and O–H groups in total. The minimum Gasteiger partial charge on any atom is -0.338 e. The minimum absolute atomic E-state index is 0.0790. The molecule has 4 nitrogen and oxygen atoms in total. The molecule has 3 aromatic rings. The molecule has 0 bridgehead atoms. The fourth-order valence-corrected chi connectivity index (χ4v) is 2.75. The number of nitrogens with zero attached hydrogens (tertiary/aromatic N) is 2. The van der Waals surface area contributed by atoms with E-state index in [2.05, 4.69) is 29.3 Å². The second kappa shape index (κ2) is 7.57. The molecule has 0 spiro atoms. The van der Waals surface area contributed by atoms with E-state index in [4.69, 9.17) is 4.52 Å². The standard InChI is InChI=1S/C20H22FN3O/c1-13(2)19(15-8-10-17(21)11-9-15)22-12-18-23-20(24-25-18)16-6-4-14(3)5-7-16/h4-11,13,19,22H,12H2,1-3H3. The smallest absolute Gasteiger partial charge is 0.240 e. The Kier molecular flexibility index (Phi) is 5.24. The molecule has 2 aromatic carbocycles. The van der Waals surface area contributed by atoms with Crippen molar-refractivity contribution < 1.29 is 8.91 Å². The molecule has 0 radical (unpaired) electrons. The predicted molar refractivity (Wildman–Crippen MR) is 95.3 cm³/mol. The molecular weight excluding hydrogens is 317 g/mol. The first kappa shape index (κ1) is 17.3. The third-order valence-electron chi connectivity index (χ3n) is 4.15. The van der Waals surface area contributed by atoms with E-state index in [0.29, 0.717) is 24.2 Å². The van der Waals surface area contributed by atoms with E-state index in [-0.39, 0.29) is 11.9 Å². The number of rotatable bonds is 6. The van der Waals surface area contributed by atoms with Crippen LogP contribution in [0.5, 0.6) is 0 Å². The summed E-state index contributed by atoms with van der Waals surface area (Å²) >= 11 is 0. The van der Waals surface area contributed by atoms with Gasteiger partial charge in [0.25, 0.3) is 0 Å². The first-order chi connectivity index (χ1) is 12.0. The van der Waals surface area contributed by atoms with E-state index in [1.54, 1.807) is 12.1 Å². The van der Waals surface area contributed by atoms with Crippen LogP contribution in [0.3, 0.4) is 0 Å². The van der Waals surface area contributed by atoms with Gasteiger partial charge >= 0.3 is 0 Å². The lowest BCUT2D eigenvalue weighted by Crippen LogP contribution is -2.25. The fourth-order valence-electron chi connectivity index (χ4n) is 2.75. The summed E-state index contributed by atoms with van der Waals surface area (Å²) in [5, 5.41) is 7.47. The summed E-state index contributed by atoms with van der Waals surface area (Å²) in [6.45, 7) is 6.73. The zero-order valence-electron chi connectivity index (χ0n) is 14.7. The van der Waals surface area contributed by atoms with Crippen molar-refractivity contribution >= 4 is 0 Å². The first-order valence-electron chi connectivity index (χ1n) is 8.41. The van der Waals surface area contributed by atoms with Gasteiger partial charge in [0, 0.05) is 11.6 Å². The highest BCUT2D eigenvalue weighted by molar-refractivity contribution is 5.54. The average molecular weight is 339 g/mol. The van der Waals surface area contributed by atoms with Crippen molar-refractivity contribution in [3.8, 4) is 11.4 Å². The summed E-state index contributed by atoms with van der Waals surface area (Å²) in [5.41, 5.74) is 3.16. The molecule has 3 rings (SSSR count). The number of aromatic nitrogens is 2. The number of hydrogen-bond donors (Lipinski definition) is 1. The zero-order valence-corrected chi connectivity index (χ0v) is 14.7. The van der Waals surface area contributed by atoms with Gasteiger partial charge in [-0.1, -0.05) is 61.0 Å². The van der Waals surface area contributed by atoms with Gasteiger partial charge in [-0.2, -0.15) is 4.98 Å². The maximum Gasteiger partial charge on any atom is 0.240 e. The normalized spacial score (nSPS) is 12.5. The molecular formula is C20H22FN3O. The molecule has 1 aromatic heterocycles. The van der Waals surface area contributed by atoms with Crippen LogP contribution < -0.4 is 5.32 Å². The monoisotopic (exact) mass is 339 g/mol. The Hall–Kier alpha value is -2.53. The summed E-state index contributed by atoms with van der Waals surface area (Å²) in [6.07, 6.45) is 0. The van der Waals surface area contributed by atoms with Crippen LogP contribution in [0.15, 0.2) is 53.1 Å². The van der Waals surface area contributed by atoms with Crippen LogP contribution in [0.4, 0.5) is 4.39 Å². The van der Waals surface area contributed by atoms with Gasteiger partial charge in [-0.25, -0.2) is 4.39 Å². The van der Waals surface area contributed by atoms with E-state index < -0.39 is 0 Å². The van der Waals surface area contributed by atoms with Crippen LogP contribution in [-0.2, 0) is 6.54 Å². The molecule has 0 aliphatic rings. The van der Waals surface area contributed by atoms with E-state index >= 15 is 0 Å². The van der Waals surface area contributed by atoms with Gasteiger partial charge in [-0.15, -0.1) is 0 Å². The molecule has 1 unspecified atom stereocenters. The van der Waals surface area contributed by atoms with Crippen molar-refractivity contribution in [2.45, 2.75) is 33.4 Å². The number of halogens is 1. The highest BCUT2D eigenvalue weighted by Gasteiger charge is 2.17. The van der Waals surface area contributed by atoms with Gasteiger partial charge in [0.05, 0.1) is 6.54 Å². The Labute approximate surface area is 147 Å². The fraction of sp³-hybridized carbons (Fsp3) is 0.300. The molecule has 0 saturated carbocycles. The van der Waals surface area contributed by atoms with Crippen molar-refractivity contribution in [3.63, 3.8) is 0 Å². The highest BCUT2D eigenvalue weighted by atomic mass is 19.1. The van der Waals surface area contributed by atoms with Gasteiger partial charge in [-0.3, -0.25) is 0 Å². The maximum absolute atomic E-state index is 13.1. The van der Waals surface area contributed by atoms with Crippen LogP contribution in [-0.4, -0.2) is 10.1 Å². The second-order valence-corrected chi connectivity index (χ2v) is 6.53. The Morgan fingerprint density at radius 2 is 1.72 bits per heavy atom. The Bertz CT molecular complexity index is 810. The van der Waals surface area contributed by atoms with Crippen LogP contribution in [0.25, 0.3) is 11.4 Å². The number of aryl methyl sites for hydroxylation is 1. The van der Waals surface area contributed by atoms with Crippen molar-refractivity contribution in [1.29, 1.82) is 0 Å². The van der Waals surface area contributed by atoms with Gasteiger partial charge in [0.15, 0.2) is 0 Å². The lowest BCUT2D eigenvalue weighted by Gasteiger charge is -2.22. The largest absolute Gasteiger partial charge is 0.338 e. The molecule has 0 saturated heterocycles. The zero-order chi connectivity index (χ0) is 17.8. The van der Waals surface area contributed by atoms with Crippen LogP contribution >= 0.6 is 0 Å². The van der Waals surface area contributed by atoms with Crippen LogP contribution in [0.1, 0.15) is 36.9 Å². The van der Waals surface area contributed by atoms with Crippen molar-refractivity contribution in [3.05, 3.63) is 71.4 Å². The van der Waals surface area contributed by atoms with Gasteiger partial charge in [0.1, 0.15) is 5.82 Å². The van der Waals surface area contributed by atoms with Crippen molar-refractivity contribution in [2.24, 2.45) is 5.92 Å². The predicted octanol–water partition coefficient (Wildman–Crippen LogP) is 4.67. The molecule has 0 fully saturated rings. The number of hydrogen-bond acceptors (Lipinski definition) is 4. The third-order valence-corrected chi connectivity index (χ3v) is 4.15. The number of benzene rings is 2. The molecule has 0 aliphatic heterocycles. The quantitative estimate of drug-likeness (QED) is 0.709. The number of nitrogens with one attached hydrogen (secondary N) is 1. The summed E-state index contributed by atoms with van der Waals surface area (Å²) in [5.74, 6) is 1.22. The summed E-state index contributed by atoms with van der Waals surface area (Å²) in [6, 6.07) is 14.6. The Balaban J connectivity index is 1.69. The van der Waals surface area contributed by atoms with E-state index in [1.807, 2.05) is 31.2 Å². The van der Waals surface area contributed by atoms with E-state index in [1.165, 1.54) is 17.7 Å². The van der Waals surface area contributed by atoms with Crippen LogP contribution in [0, 0.1) is 18.7 Å². The van der Waals surface area contributed by atoms with Crippen LogP contribution in [0.2, 0.25) is 0 Å². The third kappa shape index (κ3) is 4.31. The minimum atomic E-state index is -0.231. The second-order valence-electron chi connectivity index (χ2n) is 6.53. The van der Waals surface area contributed by atoms with Crippen molar-refractivity contribution in [1.82, 2.24) is 15.5 Å². The Morgan fingerprint density at radius 1 is 1.04 bits per heavy atom. The molecule has 1 atom stereocenters. The molecule has 0 aliphatic carbocycles. The topological polar surface area (TPSA) is 51.0 Å². The summed E-state index contributed by atoms with van der Waals surface area (Å²) < 4.78 is 18.5. The van der Waals surface area contributed by atoms with E-state index in [0.717, 1.165) is 11.1 Å². The van der Waals surface area contributed by atoms with Gasteiger partial charge < -0.3 is 9.84 Å². The molecule has 5 heteroatoms. The molecule has 25 heavy (non-hydrogen) atoms. The average Bonchev–Trinajstić information content (AvgIpc) is 3.06. The maximum atomic E-state index is 13.1. The van der Waals surface area contributed by atoms with Gasteiger partial charge in [0.2, 0.25) is 11.7 Å². The molecule has 130 valence electrons. The van der Waals surface area contributed by atoms with E-state index in [9.17, 15) is 4.39 Å². The highest BCUT2D eigenvalue weighted by Crippen LogP contribution is 2.23. The summed E-state index contributed by atoms with van der Waals surface area (Å²) in [7, 11) is 0. The van der Waals surface area contributed by atoms with Crippen molar-refractivity contribution in [2.75, 3.05) is 0 Å². The lowest BCUT2D eigenvalue weighted by atomic mass is 9.96. The van der Waals surface area contributed by atoms with Gasteiger partial charge in [-0.05, 0) is 30.5 Å². The lowest BCUT2D eigenvalue weighted by molar-refractivity contribution is 0.337. The molecule has 0 amide bonds.